The highest BCUT2D eigenvalue weighted by Gasteiger charge is 2.21. The Hall–Kier alpha value is -2.43. The first kappa shape index (κ1) is 20.8. The van der Waals surface area contributed by atoms with Gasteiger partial charge in [-0.15, -0.1) is 0 Å². The molecule has 0 bridgehead atoms. The van der Waals surface area contributed by atoms with Gasteiger partial charge < -0.3 is 14.7 Å². The van der Waals surface area contributed by atoms with Crippen molar-refractivity contribution in [2.24, 2.45) is 0 Å². The number of imidazole rings is 1. The smallest absolute Gasteiger partial charge is 0.181 e. The third kappa shape index (κ3) is 4.35. The number of sulfone groups is 1. The molecule has 156 valence electrons. The van der Waals surface area contributed by atoms with Crippen molar-refractivity contribution < 1.29 is 17.2 Å². The van der Waals surface area contributed by atoms with E-state index >= 15 is 4.39 Å². The molecule has 4 rings (SSSR count). The van der Waals surface area contributed by atoms with Crippen LogP contribution in [0.15, 0.2) is 45.7 Å². The third-order valence-electron chi connectivity index (χ3n) is 4.36. The van der Waals surface area contributed by atoms with Gasteiger partial charge in [0.2, 0.25) is 0 Å². The molecule has 0 spiro atoms. The van der Waals surface area contributed by atoms with Gasteiger partial charge in [0, 0.05) is 22.7 Å². The minimum Gasteiger partial charge on any atom is -0.443 e. The maximum atomic E-state index is 15.5. The summed E-state index contributed by atoms with van der Waals surface area (Å²) in [5, 5.41) is 3.41. The van der Waals surface area contributed by atoms with Crippen molar-refractivity contribution in [3.8, 4) is 11.3 Å². The van der Waals surface area contributed by atoms with E-state index < -0.39 is 15.7 Å². The van der Waals surface area contributed by atoms with Crippen molar-refractivity contribution in [1.29, 1.82) is 0 Å². The van der Waals surface area contributed by atoms with Crippen LogP contribution in [0.25, 0.3) is 22.4 Å². The van der Waals surface area contributed by atoms with Gasteiger partial charge in [0.05, 0.1) is 33.9 Å². The van der Waals surface area contributed by atoms with Gasteiger partial charge in [-0.25, -0.2) is 22.8 Å². The molecule has 0 aliphatic carbocycles. The SMILES string of the molecule is CS(=O)(=O)CCc1nc2c(F)c(Nc3ccc(Br)cc3Cl)c(-c3cnco3)cc2[nH]1. The molecule has 11 heteroatoms. The second-order valence-corrected chi connectivity index (χ2v) is 10.3. The molecule has 7 nitrogen and oxygen atoms in total. The van der Waals surface area contributed by atoms with Crippen LogP contribution >= 0.6 is 27.5 Å². The summed E-state index contributed by atoms with van der Waals surface area (Å²) in [5.41, 5.74) is 1.51. The van der Waals surface area contributed by atoms with Crippen molar-refractivity contribution in [3.05, 3.63) is 58.0 Å². The predicted molar refractivity (Wildman–Crippen MR) is 117 cm³/mol. The standard InChI is InChI=1S/C19H15BrClFN4O3S/c1-30(27,28)5-4-16-24-14-7-11(15-8-23-9-29-15)18(17(22)19(14)26-16)25-13-3-2-10(20)6-12(13)21/h2-3,6-9,25H,4-5H2,1H3,(H,24,26). The highest BCUT2D eigenvalue weighted by Crippen LogP contribution is 2.38. The van der Waals surface area contributed by atoms with E-state index in [0.29, 0.717) is 33.4 Å². The van der Waals surface area contributed by atoms with Crippen LogP contribution in [-0.2, 0) is 16.3 Å². The van der Waals surface area contributed by atoms with E-state index in [9.17, 15) is 8.42 Å². The van der Waals surface area contributed by atoms with Crippen LogP contribution in [-0.4, -0.2) is 35.4 Å². The summed E-state index contributed by atoms with van der Waals surface area (Å²) in [5.74, 6) is -0.00143. The number of nitrogens with zero attached hydrogens (tertiary/aromatic N) is 2. The number of benzene rings is 2. The Balaban J connectivity index is 1.84. The van der Waals surface area contributed by atoms with Gasteiger partial charge in [-0.1, -0.05) is 27.5 Å². The second kappa shape index (κ2) is 8.01. The Labute approximate surface area is 184 Å². The number of halogens is 3. The topological polar surface area (TPSA) is 101 Å². The first-order chi connectivity index (χ1) is 14.2. The Morgan fingerprint density at radius 3 is 2.80 bits per heavy atom. The molecule has 4 aromatic rings. The van der Waals surface area contributed by atoms with Crippen molar-refractivity contribution in [2.45, 2.75) is 6.42 Å². The lowest BCUT2D eigenvalue weighted by Gasteiger charge is -2.13. The van der Waals surface area contributed by atoms with Gasteiger partial charge in [-0.3, -0.25) is 0 Å². The van der Waals surface area contributed by atoms with Gasteiger partial charge in [-0.05, 0) is 24.3 Å². The van der Waals surface area contributed by atoms with E-state index in [1.165, 1.54) is 12.6 Å². The largest absolute Gasteiger partial charge is 0.443 e. The number of rotatable bonds is 6. The Morgan fingerprint density at radius 2 is 2.13 bits per heavy atom. The summed E-state index contributed by atoms with van der Waals surface area (Å²) in [6, 6.07) is 6.84. The van der Waals surface area contributed by atoms with Crippen molar-refractivity contribution in [2.75, 3.05) is 17.3 Å². The Bertz CT molecular complexity index is 1340. The molecule has 2 heterocycles. The fourth-order valence-electron chi connectivity index (χ4n) is 2.95. The predicted octanol–water partition coefficient (Wildman–Crippen LogP) is 5.10. The normalized spacial score (nSPS) is 11.9. The van der Waals surface area contributed by atoms with Gasteiger partial charge >= 0.3 is 0 Å². The van der Waals surface area contributed by atoms with E-state index in [1.54, 1.807) is 24.3 Å². The number of fused-ring (bicyclic) bond motifs is 1. The minimum atomic E-state index is -3.18. The second-order valence-electron chi connectivity index (χ2n) is 6.69. The summed E-state index contributed by atoms with van der Waals surface area (Å²) < 4.78 is 44.6. The lowest BCUT2D eigenvalue weighted by molar-refractivity contribution is 0.571. The molecule has 0 fully saturated rings. The summed E-state index contributed by atoms with van der Waals surface area (Å²) in [7, 11) is -3.18. The maximum Gasteiger partial charge on any atom is 0.181 e. The number of hydrogen-bond donors (Lipinski definition) is 2. The van der Waals surface area contributed by atoms with E-state index in [2.05, 4.69) is 36.2 Å². The number of nitrogens with one attached hydrogen (secondary N) is 2. The molecule has 0 unspecified atom stereocenters. The molecule has 30 heavy (non-hydrogen) atoms. The zero-order chi connectivity index (χ0) is 21.5. The lowest BCUT2D eigenvalue weighted by atomic mass is 10.1. The first-order valence-corrected chi connectivity index (χ1v) is 11.9. The van der Waals surface area contributed by atoms with Gasteiger partial charge in [0.25, 0.3) is 0 Å². The highest BCUT2D eigenvalue weighted by molar-refractivity contribution is 9.10. The molecular formula is C19H15BrClFN4O3S. The number of oxazole rings is 1. The third-order valence-corrected chi connectivity index (χ3v) is 6.12. The van der Waals surface area contributed by atoms with Gasteiger partial charge in [0.1, 0.15) is 21.2 Å². The van der Waals surface area contributed by atoms with Crippen LogP contribution < -0.4 is 5.32 Å². The molecule has 0 atom stereocenters. The van der Waals surface area contributed by atoms with Crippen LogP contribution in [0.4, 0.5) is 15.8 Å². The van der Waals surface area contributed by atoms with Crippen LogP contribution in [0.3, 0.4) is 0 Å². The number of aryl methyl sites for hydroxylation is 1. The monoisotopic (exact) mass is 512 g/mol. The lowest BCUT2D eigenvalue weighted by Crippen LogP contribution is -2.06. The Kier molecular flexibility index (Phi) is 5.56. The summed E-state index contributed by atoms with van der Waals surface area (Å²) >= 11 is 9.63. The minimum absolute atomic E-state index is 0.0810. The summed E-state index contributed by atoms with van der Waals surface area (Å²) in [6.45, 7) is 0. The van der Waals surface area contributed by atoms with Crippen LogP contribution in [0.5, 0.6) is 0 Å². The fraction of sp³-hybridized carbons (Fsp3) is 0.158. The zero-order valence-corrected chi connectivity index (χ0v) is 18.7. The van der Waals surface area contributed by atoms with E-state index in [-0.39, 0.29) is 23.4 Å². The number of hydrogen-bond acceptors (Lipinski definition) is 6. The molecular weight excluding hydrogens is 499 g/mol. The molecule has 0 radical (unpaired) electrons. The van der Waals surface area contributed by atoms with Gasteiger partial charge in [-0.2, -0.15) is 0 Å². The van der Waals surface area contributed by atoms with Crippen molar-refractivity contribution in [1.82, 2.24) is 15.0 Å². The molecule has 0 aliphatic heterocycles. The fourth-order valence-corrected chi connectivity index (χ4v) is 4.24. The number of aromatic amines is 1. The highest BCUT2D eigenvalue weighted by atomic mass is 79.9. The average molecular weight is 514 g/mol. The molecule has 0 saturated heterocycles. The van der Waals surface area contributed by atoms with Crippen LogP contribution in [0.2, 0.25) is 5.02 Å². The average Bonchev–Trinajstić information content (AvgIpc) is 3.33. The molecule has 0 aliphatic rings. The molecule has 0 saturated carbocycles. The van der Waals surface area contributed by atoms with E-state index in [1.807, 2.05) is 0 Å². The van der Waals surface area contributed by atoms with E-state index in [4.69, 9.17) is 16.0 Å². The number of H-pyrrole nitrogens is 1. The summed E-state index contributed by atoms with van der Waals surface area (Å²) in [6.07, 6.45) is 4.00. The molecule has 2 aromatic carbocycles. The van der Waals surface area contributed by atoms with Crippen LogP contribution in [0.1, 0.15) is 5.82 Å². The Morgan fingerprint density at radius 1 is 1.33 bits per heavy atom. The summed E-state index contributed by atoms with van der Waals surface area (Å²) in [4.78, 5) is 11.1. The van der Waals surface area contributed by atoms with Crippen LogP contribution in [0, 0.1) is 5.82 Å². The zero-order valence-electron chi connectivity index (χ0n) is 15.5. The molecule has 2 aromatic heterocycles. The molecule has 2 N–H and O–H groups in total. The molecule has 0 amide bonds. The van der Waals surface area contributed by atoms with E-state index in [0.717, 1.165) is 10.7 Å². The van der Waals surface area contributed by atoms with Crippen molar-refractivity contribution >= 4 is 59.8 Å². The number of anilines is 2. The van der Waals surface area contributed by atoms with Crippen molar-refractivity contribution in [3.63, 3.8) is 0 Å². The maximum absolute atomic E-state index is 15.5. The first-order valence-electron chi connectivity index (χ1n) is 8.71. The number of aromatic nitrogens is 3. The quantitative estimate of drug-likeness (QED) is 0.372. The van der Waals surface area contributed by atoms with Gasteiger partial charge in [0.15, 0.2) is 18.0 Å².